The molecule has 0 saturated carbocycles. The van der Waals surface area contributed by atoms with Gasteiger partial charge in [0.25, 0.3) is 5.91 Å². The summed E-state index contributed by atoms with van der Waals surface area (Å²) in [4.78, 5) is 14.3. The van der Waals surface area contributed by atoms with E-state index < -0.39 is 0 Å². The van der Waals surface area contributed by atoms with Crippen molar-refractivity contribution in [1.29, 1.82) is 0 Å². The molecule has 18 heavy (non-hydrogen) atoms. The predicted octanol–water partition coefficient (Wildman–Crippen LogP) is 3.01. The number of nitrogens with zero attached hydrogens (tertiary/aromatic N) is 1. The van der Waals surface area contributed by atoms with Crippen molar-refractivity contribution in [3.05, 3.63) is 33.8 Å². The van der Waals surface area contributed by atoms with E-state index in [2.05, 4.69) is 15.9 Å². The quantitative estimate of drug-likeness (QED) is 0.798. The highest BCUT2D eigenvalue weighted by Gasteiger charge is 2.27. The highest BCUT2D eigenvalue weighted by Crippen LogP contribution is 2.22. The number of hydrogen-bond donors (Lipinski definition) is 0. The molecule has 1 saturated heterocycles. The first-order valence-electron chi connectivity index (χ1n) is 6.18. The summed E-state index contributed by atoms with van der Waals surface area (Å²) in [6, 6.07) is 5.82. The van der Waals surface area contributed by atoms with Crippen LogP contribution in [-0.4, -0.2) is 36.1 Å². The van der Waals surface area contributed by atoms with Gasteiger partial charge in [0.15, 0.2) is 0 Å². The van der Waals surface area contributed by atoms with Crippen LogP contribution in [-0.2, 0) is 4.74 Å². The van der Waals surface area contributed by atoms with Crippen molar-refractivity contribution in [3.8, 4) is 0 Å². The Hall–Kier alpha value is -0.870. The Morgan fingerprint density at radius 3 is 2.50 bits per heavy atom. The lowest BCUT2D eigenvalue weighted by atomic mass is 10.1. The van der Waals surface area contributed by atoms with Crippen molar-refractivity contribution in [2.75, 3.05) is 13.1 Å². The largest absolute Gasteiger partial charge is 0.372 e. The molecule has 2 rings (SSSR count). The summed E-state index contributed by atoms with van der Waals surface area (Å²) >= 11 is 3.47. The third-order valence-corrected chi connectivity index (χ3v) is 3.72. The van der Waals surface area contributed by atoms with Crippen LogP contribution in [0.5, 0.6) is 0 Å². The van der Waals surface area contributed by atoms with Gasteiger partial charge in [0.2, 0.25) is 0 Å². The topological polar surface area (TPSA) is 29.5 Å². The molecule has 1 aliphatic rings. The van der Waals surface area contributed by atoms with E-state index in [1.54, 1.807) is 0 Å². The fraction of sp³-hybridized carbons (Fsp3) is 0.500. The number of rotatable bonds is 1. The van der Waals surface area contributed by atoms with Gasteiger partial charge in [0.1, 0.15) is 0 Å². The van der Waals surface area contributed by atoms with E-state index in [9.17, 15) is 4.79 Å². The molecule has 0 aromatic heterocycles. The summed E-state index contributed by atoms with van der Waals surface area (Å²) < 4.78 is 6.51. The molecule has 0 aliphatic carbocycles. The van der Waals surface area contributed by atoms with Crippen molar-refractivity contribution >= 4 is 21.8 Å². The van der Waals surface area contributed by atoms with Gasteiger partial charge in [-0.25, -0.2) is 0 Å². The molecule has 98 valence electrons. The van der Waals surface area contributed by atoms with Crippen LogP contribution in [0.25, 0.3) is 0 Å². The van der Waals surface area contributed by atoms with Crippen LogP contribution in [0.3, 0.4) is 0 Å². The van der Waals surface area contributed by atoms with E-state index in [1.807, 2.05) is 43.9 Å². The van der Waals surface area contributed by atoms with Gasteiger partial charge in [-0.3, -0.25) is 4.79 Å². The summed E-state index contributed by atoms with van der Waals surface area (Å²) in [6.07, 6.45) is 0.198. The third kappa shape index (κ3) is 2.93. The van der Waals surface area contributed by atoms with E-state index in [4.69, 9.17) is 4.74 Å². The molecule has 0 bridgehead atoms. The predicted molar refractivity (Wildman–Crippen MR) is 74.8 cm³/mol. The van der Waals surface area contributed by atoms with Gasteiger partial charge < -0.3 is 9.64 Å². The Bertz CT molecular complexity index is 451. The van der Waals surface area contributed by atoms with Crippen LogP contribution in [0, 0.1) is 6.92 Å². The Morgan fingerprint density at radius 2 is 1.94 bits per heavy atom. The van der Waals surface area contributed by atoms with Gasteiger partial charge >= 0.3 is 0 Å². The van der Waals surface area contributed by atoms with Crippen molar-refractivity contribution in [2.45, 2.75) is 33.0 Å². The number of carbonyl (C=O) groups is 1. The number of aryl methyl sites for hydroxylation is 1. The van der Waals surface area contributed by atoms with Crippen LogP contribution < -0.4 is 0 Å². The second-order valence-electron chi connectivity index (χ2n) is 4.95. The standard InChI is InChI=1S/C14H18BrNO2/c1-9-4-5-12(13(15)6-9)14(17)16-7-10(2)18-11(3)8-16/h4-6,10-11H,7-8H2,1-3H3/t10-,11+. The number of carbonyl (C=O) groups excluding carboxylic acids is 1. The van der Waals surface area contributed by atoms with Crippen LogP contribution >= 0.6 is 15.9 Å². The zero-order valence-electron chi connectivity index (χ0n) is 10.9. The number of halogens is 1. The molecule has 0 radical (unpaired) electrons. The monoisotopic (exact) mass is 311 g/mol. The van der Waals surface area contributed by atoms with E-state index in [0.717, 1.165) is 15.6 Å². The molecule has 3 nitrogen and oxygen atoms in total. The zero-order chi connectivity index (χ0) is 13.3. The third-order valence-electron chi connectivity index (χ3n) is 3.06. The van der Waals surface area contributed by atoms with Gasteiger partial charge in [0, 0.05) is 17.6 Å². The summed E-state index contributed by atoms with van der Waals surface area (Å²) in [6.45, 7) is 7.32. The second-order valence-corrected chi connectivity index (χ2v) is 5.81. The van der Waals surface area contributed by atoms with Crippen LogP contribution in [0.4, 0.5) is 0 Å². The van der Waals surface area contributed by atoms with E-state index >= 15 is 0 Å². The lowest BCUT2D eigenvalue weighted by Gasteiger charge is -2.35. The Morgan fingerprint density at radius 1 is 1.33 bits per heavy atom. The molecule has 0 unspecified atom stereocenters. The minimum absolute atomic E-state index is 0.0730. The Balaban J connectivity index is 2.20. The van der Waals surface area contributed by atoms with Gasteiger partial charge in [-0.2, -0.15) is 0 Å². The zero-order valence-corrected chi connectivity index (χ0v) is 12.5. The van der Waals surface area contributed by atoms with Crippen LogP contribution in [0.2, 0.25) is 0 Å². The fourth-order valence-electron chi connectivity index (χ4n) is 2.31. The SMILES string of the molecule is Cc1ccc(C(=O)N2C[C@@H](C)O[C@@H](C)C2)c(Br)c1. The maximum Gasteiger partial charge on any atom is 0.255 e. The van der Waals surface area contributed by atoms with Crippen molar-refractivity contribution in [2.24, 2.45) is 0 Å². The van der Waals surface area contributed by atoms with Crippen LogP contribution in [0.15, 0.2) is 22.7 Å². The molecule has 1 amide bonds. The molecule has 1 heterocycles. The van der Waals surface area contributed by atoms with Gasteiger partial charge in [-0.1, -0.05) is 6.07 Å². The summed E-state index contributed by atoms with van der Waals surface area (Å²) in [5.74, 6) is 0.0730. The van der Waals surface area contributed by atoms with E-state index in [-0.39, 0.29) is 18.1 Å². The minimum Gasteiger partial charge on any atom is -0.372 e. The second kappa shape index (κ2) is 5.41. The van der Waals surface area contributed by atoms with Gasteiger partial charge in [0.05, 0.1) is 17.8 Å². The molecule has 2 atom stereocenters. The van der Waals surface area contributed by atoms with Crippen LogP contribution in [0.1, 0.15) is 29.8 Å². The molecule has 1 fully saturated rings. The summed E-state index contributed by atoms with van der Waals surface area (Å²) in [5.41, 5.74) is 1.86. The minimum atomic E-state index is 0.0730. The number of amides is 1. The number of benzene rings is 1. The summed E-state index contributed by atoms with van der Waals surface area (Å²) in [5, 5.41) is 0. The summed E-state index contributed by atoms with van der Waals surface area (Å²) in [7, 11) is 0. The molecular weight excluding hydrogens is 294 g/mol. The molecular formula is C14H18BrNO2. The molecule has 1 aromatic rings. The molecule has 4 heteroatoms. The first-order valence-corrected chi connectivity index (χ1v) is 6.97. The number of ether oxygens (including phenoxy) is 1. The lowest BCUT2D eigenvalue weighted by Crippen LogP contribution is -2.48. The highest BCUT2D eigenvalue weighted by molar-refractivity contribution is 9.10. The average molecular weight is 312 g/mol. The smallest absolute Gasteiger partial charge is 0.255 e. The first kappa shape index (κ1) is 13.6. The maximum atomic E-state index is 12.5. The molecule has 1 aromatic carbocycles. The maximum absolute atomic E-state index is 12.5. The highest BCUT2D eigenvalue weighted by atomic mass is 79.9. The Kier molecular flexibility index (Phi) is 4.07. The lowest BCUT2D eigenvalue weighted by molar-refractivity contribution is -0.0586. The van der Waals surface area contributed by atoms with Gasteiger partial charge in [-0.15, -0.1) is 0 Å². The van der Waals surface area contributed by atoms with E-state index in [1.165, 1.54) is 0 Å². The fourth-order valence-corrected chi connectivity index (χ4v) is 2.97. The van der Waals surface area contributed by atoms with Crippen molar-refractivity contribution in [1.82, 2.24) is 4.90 Å². The molecule has 1 aliphatic heterocycles. The first-order chi connectivity index (χ1) is 8.47. The average Bonchev–Trinajstić information content (AvgIpc) is 2.26. The van der Waals surface area contributed by atoms with Gasteiger partial charge in [-0.05, 0) is 54.4 Å². The normalized spacial score (nSPS) is 24.1. The van der Waals surface area contributed by atoms with E-state index in [0.29, 0.717) is 13.1 Å². The molecule has 0 spiro atoms. The number of hydrogen-bond acceptors (Lipinski definition) is 2. The van der Waals surface area contributed by atoms with Crippen molar-refractivity contribution < 1.29 is 9.53 Å². The van der Waals surface area contributed by atoms with Crippen molar-refractivity contribution in [3.63, 3.8) is 0 Å². The Labute approximate surface area is 116 Å². The molecule has 0 N–H and O–H groups in total. The number of morpholine rings is 1.